The highest BCUT2D eigenvalue weighted by atomic mass is 35.5. The number of nitrogens with zero attached hydrogens (tertiary/aromatic N) is 1. The molecule has 3 aliphatic heterocycles. The molecule has 4 nitrogen and oxygen atoms in total. The van der Waals surface area contributed by atoms with Crippen molar-refractivity contribution in [2.45, 2.75) is 24.6 Å². The van der Waals surface area contributed by atoms with Crippen LogP contribution in [-0.2, 0) is 11.3 Å². The number of piperidine rings is 1. The highest BCUT2D eigenvalue weighted by molar-refractivity contribution is 6.30. The lowest BCUT2D eigenvalue weighted by molar-refractivity contribution is 0.128. The maximum Gasteiger partial charge on any atom is 0.147 e. The molecule has 5 rings (SSSR count). The second-order valence-corrected chi connectivity index (χ2v) is 7.68. The number of hydrogen-bond donors (Lipinski definition) is 2. The first kappa shape index (κ1) is 16.4. The monoisotopic (exact) mass is 373 g/mol. The van der Waals surface area contributed by atoms with E-state index < -0.39 is 0 Å². The number of hydrogen-bond acceptors (Lipinski definition) is 4. The molecule has 0 bridgehead atoms. The summed E-state index contributed by atoms with van der Waals surface area (Å²) in [6.07, 6.45) is 0.883. The van der Waals surface area contributed by atoms with Crippen LogP contribution in [0.4, 0.5) is 15.8 Å². The number of nitrogens with one attached hydrogen (secondary N) is 2. The second kappa shape index (κ2) is 6.12. The molecule has 6 heteroatoms. The van der Waals surface area contributed by atoms with Gasteiger partial charge < -0.3 is 20.3 Å². The molecule has 0 unspecified atom stereocenters. The topological polar surface area (TPSA) is 36.5 Å². The van der Waals surface area contributed by atoms with Crippen molar-refractivity contribution in [2.24, 2.45) is 0 Å². The Bertz CT molecular complexity index is 861. The van der Waals surface area contributed by atoms with Crippen molar-refractivity contribution < 1.29 is 9.13 Å². The SMILES string of the molecule is Fc1cc(Cl)ccc1N[C@]12CCNC[C@H]1c1cccc3c1N2CCOC3. The summed E-state index contributed by atoms with van der Waals surface area (Å²) < 4.78 is 20.4. The van der Waals surface area contributed by atoms with Gasteiger partial charge in [-0.25, -0.2) is 4.39 Å². The zero-order valence-corrected chi connectivity index (χ0v) is 15.2. The standard InChI is InChI=1S/C20H21ClFN3O/c21-14-4-5-18(17(22)10-14)24-20-6-7-23-11-16(20)15-3-1-2-13-12-26-9-8-25(20)19(13)15/h1-5,10,16,23-24H,6-9,11-12H2/t16-,20-/m0/s1. The molecule has 0 spiro atoms. The summed E-state index contributed by atoms with van der Waals surface area (Å²) in [6.45, 7) is 3.85. The zero-order valence-electron chi connectivity index (χ0n) is 14.4. The van der Waals surface area contributed by atoms with Crippen molar-refractivity contribution in [3.05, 3.63) is 58.4 Å². The molecule has 0 radical (unpaired) electrons. The van der Waals surface area contributed by atoms with Crippen LogP contribution in [0.1, 0.15) is 23.5 Å². The molecule has 1 saturated heterocycles. The highest BCUT2D eigenvalue weighted by Crippen LogP contribution is 2.52. The van der Waals surface area contributed by atoms with Crippen LogP contribution in [0, 0.1) is 5.82 Å². The zero-order chi connectivity index (χ0) is 17.7. The number of rotatable bonds is 2. The molecule has 2 N–H and O–H groups in total. The van der Waals surface area contributed by atoms with Crippen LogP contribution in [0.2, 0.25) is 5.02 Å². The van der Waals surface area contributed by atoms with Crippen molar-refractivity contribution in [3.63, 3.8) is 0 Å². The van der Waals surface area contributed by atoms with Gasteiger partial charge in [-0.2, -0.15) is 0 Å². The molecule has 2 atom stereocenters. The molecule has 2 aromatic rings. The molecule has 26 heavy (non-hydrogen) atoms. The smallest absolute Gasteiger partial charge is 0.147 e. The largest absolute Gasteiger partial charge is 0.375 e. The van der Waals surface area contributed by atoms with Gasteiger partial charge in [0.15, 0.2) is 0 Å². The fourth-order valence-electron chi connectivity index (χ4n) is 4.79. The summed E-state index contributed by atoms with van der Waals surface area (Å²) in [7, 11) is 0. The van der Waals surface area contributed by atoms with Gasteiger partial charge in [-0.05, 0) is 30.3 Å². The van der Waals surface area contributed by atoms with E-state index in [0.717, 1.165) is 26.1 Å². The lowest BCUT2D eigenvalue weighted by Crippen LogP contribution is -2.61. The maximum absolute atomic E-state index is 14.6. The van der Waals surface area contributed by atoms with Gasteiger partial charge in [0, 0.05) is 41.7 Å². The molecular formula is C20H21ClFN3O. The number of ether oxygens (including phenoxy) is 1. The van der Waals surface area contributed by atoms with E-state index in [1.807, 2.05) is 0 Å². The van der Waals surface area contributed by atoms with Gasteiger partial charge >= 0.3 is 0 Å². The summed E-state index contributed by atoms with van der Waals surface area (Å²) >= 11 is 5.94. The molecule has 0 aromatic heterocycles. The van der Waals surface area contributed by atoms with Gasteiger partial charge in [0.05, 0.1) is 18.9 Å². The third-order valence-corrected chi connectivity index (χ3v) is 6.12. The van der Waals surface area contributed by atoms with Crippen LogP contribution in [0.25, 0.3) is 0 Å². The summed E-state index contributed by atoms with van der Waals surface area (Å²) in [6, 6.07) is 11.3. The predicted molar refractivity (Wildman–Crippen MR) is 101 cm³/mol. The van der Waals surface area contributed by atoms with Gasteiger partial charge in [-0.3, -0.25) is 0 Å². The summed E-state index contributed by atoms with van der Waals surface area (Å²) in [5.74, 6) is -0.0641. The fraction of sp³-hybridized carbons (Fsp3) is 0.400. The number of para-hydroxylation sites is 1. The van der Waals surface area contributed by atoms with E-state index in [-0.39, 0.29) is 17.4 Å². The molecule has 136 valence electrons. The molecule has 0 amide bonds. The van der Waals surface area contributed by atoms with Crippen LogP contribution in [-0.4, -0.2) is 31.9 Å². The Hall–Kier alpha value is -1.82. The minimum atomic E-state index is -0.355. The van der Waals surface area contributed by atoms with Crippen LogP contribution in [0.15, 0.2) is 36.4 Å². The van der Waals surface area contributed by atoms with Crippen molar-refractivity contribution in [1.82, 2.24) is 5.32 Å². The Labute approximate surface area is 157 Å². The number of benzene rings is 2. The van der Waals surface area contributed by atoms with E-state index in [1.54, 1.807) is 12.1 Å². The van der Waals surface area contributed by atoms with E-state index in [4.69, 9.17) is 16.3 Å². The van der Waals surface area contributed by atoms with Gasteiger partial charge in [-0.1, -0.05) is 29.8 Å². The second-order valence-electron chi connectivity index (χ2n) is 7.24. The average Bonchev–Trinajstić information content (AvgIpc) is 2.77. The summed E-state index contributed by atoms with van der Waals surface area (Å²) in [5, 5.41) is 7.51. The predicted octanol–water partition coefficient (Wildman–Crippen LogP) is 3.71. The number of anilines is 2. The first-order valence-corrected chi connectivity index (χ1v) is 9.48. The third-order valence-electron chi connectivity index (χ3n) is 5.88. The Morgan fingerprint density at radius 3 is 3.12 bits per heavy atom. The molecule has 3 heterocycles. The van der Waals surface area contributed by atoms with E-state index in [1.165, 1.54) is 22.9 Å². The number of fused-ring (bicyclic) bond motifs is 3. The van der Waals surface area contributed by atoms with Gasteiger partial charge in [0.2, 0.25) is 0 Å². The van der Waals surface area contributed by atoms with Gasteiger partial charge in [0.1, 0.15) is 11.5 Å². The highest BCUT2D eigenvalue weighted by Gasteiger charge is 2.53. The third kappa shape index (κ3) is 2.34. The first-order chi connectivity index (χ1) is 12.7. The van der Waals surface area contributed by atoms with Crippen LogP contribution < -0.4 is 15.5 Å². The van der Waals surface area contributed by atoms with Crippen molar-refractivity contribution in [3.8, 4) is 0 Å². The minimum Gasteiger partial charge on any atom is -0.375 e. The maximum atomic E-state index is 14.6. The van der Waals surface area contributed by atoms with Gasteiger partial charge in [-0.15, -0.1) is 0 Å². The molecule has 0 saturated carbocycles. The van der Waals surface area contributed by atoms with E-state index in [9.17, 15) is 4.39 Å². The Morgan fingerprint density at radius 1 is 1.31 bits per heavy atom. The quantitative estimate of drug-likeness (QED) is 0.841. The normalized spacial score (nSPS) is 26.8. The van der Waals surface area contributed by atoms with Gasteiger partial charge in [0.25, 0.3) is 0 Å². The Balaban J connectivity index is 1.65. The lowest BCUT2D eigenvalue weighted by atomic mass is 9.83. The summed E-state index contributed by atoms with van der Waals surface area (Å²) in [5.41, 5.74) is 3.95. The molecule has 3 aliphatic rings. The molecular weight excluding hydrogens is 353 g/mol. The minimum absolute atomic E-state index is 0.249. The Kier molecular flexibility index (Phi) is 3.85. The average molecular weight is 374 g/mol. The van der Waals surface area contributed by atoms with Crippen molar-refractivity contribution in [2.75, 3.05) is 36.5 Å². The number of halogens is 2. The van der Waals surface area contributed by atoms with Crippen molar-refractivity contribution >= 4 is 23.0 Å². The van der Waals surface area contributed by atoms with Crippen LogP contribution >= 0.6 is 11.6 Å². The Morgan fingerprint density at radius 2 is 2.23 bits per heavy atom. The van der Waals surface area contributed by atoms with Crippen molar-refractivity contribution in [1.29, 1.82) is 0 Å². The summed E-state index contributed by atoms with van der Waals surface area (Å²) in [4.78, 5) is 2.42. The van der Waals surface area contributed by atoms with Crippen LogP contribution in [0.3, 0.4) is 0 Å². The van der Waals surface area contributed by atoms with E-state index >= 15 is 0 Å². The first-order valence-electron chi connectivity index (χ1n) is 9.10. The molecule has 1 fully saturated rings. The molecule has 0 aliphatic carbocycles. The molecule has 2 aromatic carbocycles. The fourth-order valence-corrected chi connectivity index (χ4v) is 4.95. The lowest BCUT2D eigenvalue weighted by Gasteiger charge is -2.47. The van der Waals surface area contributed by atoms with E-state index in [2.05, 4.69) is 33.7 Å². The van der Waals surface area contributed by atoms with Crippen LogP contribution in [0.5, 0.6) is 0 Å². The van der Waals surface area contributed by atoms with E-state index in [0.29, 0.717) is 23.9 Å².